The van der Waals surface area contributed by atoms with Crippen molar-refractivity contribution in [2.45, 2.75) is 6.42 Å². The molecule has 3 rings (SSSR count). The van der Waals surface area contributed by atoms with E-state index in [1.165, 1.54) is 29.0 Å². The maximum absolute atomic E-state index is 13.0. The molecular weight excluding hydrogens is 331 g/mol. The molecule has 0 radical (unpaired) electrons. The molecule has 3 N–H and O–H groups in total. The predicted molar refractivity (Wildman–Crippen MR) is 83.8 cm³/mol. The minimum Gasteiger partial charge on any atom is -0.507 e. The Labute approximate surface area is 140 Å². The van der Waals surface area contributed by atoms with Gasteiger partial charge in [-0.3, -0.25) is 9.59 Å². The van der Waals surface area contributed by atoms with E-state index >= 15 is 0 Å². The molecule has 0 saturated heterocycles. The average Bonchev–Trinajstić information content (AvgIpc) is 3.04. The molecule has 0 bridgehead atoms. The van der Waals surface area contributed by atoms with Gasteiger partial charge in [-0.2, -0.15) is 5.10 Å². The van der Waals surface area contributed by atoms with Gasteiger partial charge in [0.05, 0.1) is 5.69 Å². The van der Waals surface area contributed by atoms with Crippen LogP contribution in [0.5, 0.6) is 5.75 Å². The van der Waals surface area contributed by atoms with Crippen molar-refractivity contribution in [2.24, 2.45) is 0 Å². The van der Waals surface area contributed by atoms with Crippen molar-refractivity contribution in [2.75, 3.05) is 6.54 Å². The fraction of sp³-hybridized carbons (Fsp3) is 0.125. The average molecular weight is 344 g/mol. The Morgan fingerprint density at radius 3 is 2.64 bits per heavy atom. The summed E-state index contributed by atoms with van der Waals surface area (Å²) >= 11 is 0. The molecule has 3 aromatic rings. The summed E-state index contributed by atoms with van der Waals surface area (Å²) in [7, 11) is 0. The smallest absolute Gasteiger partial charge is 0.322 e. The van der Waals surface area contributed by atoms with Crippen molar-refractivity contribution in [3.63, 3.8) is 0 Å². The van der Waals surface area contributed by atoms with Crippen LogP contribution in [0.3, 0.4) is 0 Å². The first-order chi connectivity index (χ1) is 12.0. The van der Waals surface area contributed by atoms with Gasteiger partial charge < -0.3 is 15.5 Å². The number of carboxylic acid groups (broad SMARTS) is 1. The zero-order valence-corrected chi connectivity index (χ0v) is 12.8. The number of carboxylic acids is 1. The van der Waals surface area contributed by atoms with Crippen molar-refractivity contribution in [1.29, 1.82) is 0 Å². The van der Waals surface area contributed by atoms with Crippen LogP contribution in [0.1, 0.15) is 21.6 Å². The molecule has 0 aliphatic heterocycles. The lowest BCUT2D eigenvalue weighted by Gasteiger charge is -2.10. The highest BCUT2D eigenvalue weighted by atomic mass is 19.1. The number of pyridine rings is 1. The number of nitrogens with one attached hydrogen (secondary N) is 1. The molecule has 1 amide bonds. The number of hydrogen-bond acceptors (Lipinski definition) is 5. The maximum Gasteiger partial charge on any atom is 0.322 e. The van der Waals surface area contributed by atoms with E-state index in [9.17, 15) is 19.1 Å². The zero-order chi connectivity index (χ0) is 18.0. The van der Waals surface area contributed by atoms with Crippen molar-refractivity contribution < 1.29 is 24.2 Å². The minimum atomic E-state index is -1.21. The molecule has 0 fully saturated rings. The monoisotopic (exact) mass is 344 g/mol. The van der Waals surface area contributed by atoms with E-state index in [0.29, 0.717) is 12.1 Å². The maximum atomic E-state index is 13.0. The highest BCUT2D eigenvalue weighted by Crippen LogP contribution is 2.24. The van der Waals surface area contributed by atoms with E-state index in [4.69, 9.17) is 5.11 Å². The number of nitrogens with zero attached hydrogens (tertiary/aromatic N) is 3. The molecule has 0 spiro atoms. The molecule has 0 aliphatic rings. The Kier molecular flexibility index (Phi) is 4.29. The van der Waals surface area contributed by atoms with Crippen molar-refractivity contribution in [1.82, 2.24) is 19.9 Å². The molecule has 0 atom stereocenters. The first-order valence-electron chi connectivity index (χ1n) is 7.24. The van der Waals surface area contributed by atoms with Crippen LogP contribution in [0.2, 0.25) is 0 Å². The van der Waals surface area contributed by atoms with E-state index in [1.54, 1.807) is 12.1 Å². The lowest BCUT2D eigenvalue weighted by molar-refractivity contribution is -0.135. The van der Waals surface area contributed by atoms with Crippen molar-refractivity contribution >= 4 is 17.5 Å². The Morgan fingerprint density at radius 2 is 1.96 bits per heavy atom. The number of carbonyl (C=O) groups is 2. The molecule has 0 saturated carbocycles. The summed E-state index contributed by atoms with van der Waals surface area (Å²) in [5.41, 5.74) is 1.24. The molecular formula is C16H13FN4O4. The summed E-state index contributed by atoms with van der Waals surface area (Å²) in [6, 6.07) is 7.19. The third-order valence-corrected chi connectivity index (χ3v) is 3.53. The predicted octanol–water partition coefficient (Wildman–Crippen LogP) is 0.979. The number of carbonyl (C=O) groups excluding carboxylic acids is 1. The van der Waals surface area contributed by atoms with Gasteiger partial charge in [0.15, 0.2) is 5.65 Å². The van der Waals surface area contributed by atoms with Gasteiger partial charge in [0, 0.05) is 12.5 Å². The normalized spacial score (nSPS) is 10.8. The van der Waals surface area contributed by atoms with Gasteiger partial charge in [-0.1, -0.05) is 12.1 Å². The molecule has 0 unspecified atom stereocenters. The van der Waals surface area contributed by atoms with Crippen molar-refractivity contribution in [3.8, 4) is 5.75 Å². The largest absolute Gasteiger partial charge is 0.507 e. The summed E-state index contributed by atoms with van der Waals surface area (Å²) in [5.74, 6) is -2.69. The molecule has 2 heterocycles. The number of benzene rings is 1. The highest BCUT2D eigenvalue weighted by Gasteiger charge is 2.20. The van der Waals surface area contributed by atoms with E-state index < -0.39 is 18.4 Å². The molecule has 8 nitrogen and oxygen atoms in total. The van der Waals surface area contributed by atoms with E-state index in [0.717, 1.165) is 5.56 Å². The zero-order valence-electron chi connectivity index (χ0n) is 12.8. The third-order valence-electron chi connectivity index (χ3n) is 3.53. The summed E-state index contributed by atoms with van der Waals surface area (Å²) in [6.45, 7) is -0.587. The quantitative estimate of drug-likeness (QED) is 0.635. The molecule has 9 heteroatoms. The number of amides is 1. The summed E-state index contributed by atoms with van der Waals surface area (Å²) < 4.78 is 14.4. The Bertz CT molecular complexity index is 953. The number of aromatic hydroxyl groups is 1. The minimum absolute atomic E-state index is 0.0972. The van der Waals surface area contributed by atoms with Gasteiger partial charge in [0.2, 0.25) is 0 Å². The fourth-order valence-corrected chi connectivity index (χ4v) is 2.43. The number of rotatable bonds is 5. The van der Waals surface area contributed by atoms with Crippen molar-refractivity contribution in [3.05, 3.63) is 59.3 Å². The van der Waals surface area contributed by atoms with E-state index in [2.05, 4.69) is 15.4 Å². The summed E-state index contributed by atoms with van der Waals surface area (Å²) in [6.07, 6.45) is 1.54. The van der Waals surface area contributed by atoms with Crippen LogP contribution in [0.4, 0.5) is 4.39 Å². The van der Waals surface area contributed by atoms with Gasteiger partial charge in [0.1, 0.15) is 30.0 Å². The first-order valence-corrected chi connectivity index (χ1v) is 7.24. The van der Waals surface area contributed by atoms with Crippen LogP contribution >= 0.6 is 0 Å². The first kappa shape index (κ1) is 16.4. The lowest BCUT2D eigenvalue weighted by Crippen LogP contribution is -2.29. The second kappa shape index (κ2) is 6.56. The number of aromatic nitrogens is 3. The van der Waals surface area contributed by atoms with Crippen LogP contribution < -0.4 is 5.32 Å². The second-order valence-electron chi connectivity index (χ2n) is 5.27. The molecule has 25 heavy (non-hydrogen) atoms. The Balaban J connectivity index is 1.99. The third kappa shape index (κ3) is 3.39. The molecule has 1 aromatic carbocycles. The number of fused-ring (bicyclic) bond motifs is 1. The number of halogens is 1. The topological polar surface area (TPSA) is 117 Å². The van der Waals surface area contributed by atoms with Crippen LogP contribution in [0, 0.1) is 5.82 Å². The molecule has 2 aromatic heterocycles. The Hall–Kier alpha value is -3.49. The fourth-order valence-electron chi connectivity index (χ4n) is 2.43. The SMILES string of the molecule is O=C(O)CNC(=O)c1c(O)cc(Cc2ccc(F)cc2)n2ncnc12. The van der Waals surface area contributed by atoms with Gasteiger partial charge >= 0.3 is 5.97 Å². The van der Waals surface area contributed by atoms with Gasteiger partial charge in [-0.15, -0.1) is 0 Å². The number of aliphatic carboxylic acids is 1. The lowest BCUT2D eigenvalue weighted by atomic mass is 10.1. The standard InChI is InChI=1S/C16H13FN4O4/c17-10-3-1-9(2-4-10)5-11-6-12(22)14(15-19-8-20-21(11)15)16(25)18-7-13(23)24/h1-4,6,8,22H,5,7H2,(H,18,25)(H,23,24). The van der Waals surface area contributed by atoms with Gasteiger partial charge in [-0.05, 0) is 17.7 Å². The van der Waals surface area contributed by atoms with E-state index in [-0.39, 0.29) is 22.8 Å². The van der Waals surface area contributed by atoms with E-state index in [1.807, 2.05) is 0 Å². The number of hydrogen-bond donors (Lipinski definition) is 3. The van der Waals surface area contributed by atoms with Gasteiger partial charge in [-0.25, -0.2) is 13.9 Å². The van der Waals surface area contributed by atoms with Crippen LogP contribution in [0.25, 0.3) is 5.65 Å². The molecule has 0 aliphatic carbocycles. The second-order valence-corrected chi connectivity index (χ2v) is 5.27. The van der Waals surface area contributed by atoms with Crippen LogP contribution in [0.15, 0.2) is 36.7 Å². The summed E-state index contributed by atoms with van der Waals surface area (Å²) in [4.78, 5) is 26.7. The van der Waals surface area contributed by atoms with Crippen LogP contribution in [-0.4, -0.2) is 43.2 Å². The highest BCUT2D eigenvalue weighted by molar-refractivity contribution is 6.03. The summed E-state index contributed by atoms with van der Waals surface area (Å²) in [5, 5.41) is 25.1. The molecule has 128 valence electrons. The Morgan fingerprint density at radius 1 is 1.24 bits per heavy atom. The van der Waals surface area contributed by atoms with Gasteiger partial charge in [0.25, 0.3) is 5.91 Å². The van der Waals surface area contributed by atoms with Crippen LogP contribution in [-0.2, 0) is 11.2 Å².